The van der Waals surface area contributed by atoms with Gasteiger partial charge < -0.3 is 4.74 Å². The zero-order chi connectivity index (χ0) is 10.7. The summed E-state index contributed by atoms with van der Waals surface area (Å²) in [5, 5.41) is 0. The molecular formula is C12H11NO2. The van der Waals surface area contributed by atoms with Gasteiger partial charge in [0.05, 0.1) is 0 Å². The highest BCUT2D eigenvalue weighted by Gasteiger charge is 2.21. The Balaban J connectivity index is 2.36. The van der Waals surface area contributed by atoms with Crippen molar-refractivity contribution in [2.45, 2.75) is 19.3 Å². The van der Waals surface area contributed by atoms with E-state index in [2.05, 4.69) is 10.9 Å². The Morgan fingerprint density at radius 1 is 1.53 bits per heavy atom. The van der Waals surface area contributed by atoms with Crippen molar-refractivity contribution in [2.75, 3.05) is 6.61 Å². The van der Waals surface area contributed by atoms with Crippen LogP contribution in [0.4, 0.5) is 0 Å². The van der Waals surface area contributed by atoms with Crippen LogP contribution in [0.2, 0.25) is 0 Å². The SMILES string of the molecule is C#CCOc1ccnc2c1CCCC2=O. The van der Waals surface area contributed by atoms with Crippen LogP contribution in [-0.4, -0.2) is 17.4 Å². The van der Waals surface area contributed by atoms with E-state index in [9.17, 15) is 4.79 Å². The normalized spacial score (nSPS) is 14.2. The zero-order valence-electron chi connectivity index (χ0n) is 8.32. The second-order valence-corrected chi connectivity index (χ2v) is 3.41. The van der Waals surface area contributed by atoms with Gasteiger partial charge in [-0.3, -0.25) is 9.78 Å². The average Bonchev–Trinajstić information content (AvgIpc) is 2.27. The predicted octanol–water partition coefficient (Wildman–Crippen LogP) is 1.61. The Bertz CT molecular complexity index is 432. The molecule has 0 unspecified atom stereocenters. The minimum Gasteiger partial charge on any atom is -0.481 e. The summed E-state index contributed by atoms with van der Waals surface area (Å²) in [5.41, 5.74) is 1.46. The summed E-state index contributed by atoms with van der Waals surface area (Å²) in [5.74, 6) is 3.21. The quantitative estimate of drug-likeness (QED) is 0.682. The average molecular weight is 201 g/mol. The van der Waals surface area contributed by atoms with E-state index in [0.717, 1.165) is 18.4 Å². The molecule has 0 N–H and O–H groups in total. The fourth-order valence-electron chi connectivity index (χ4n) is 1.76. The van der Waals surface area contributed by atoms with Gasteiger partial charge in [0.15, 0.2) is 5.78 Å². The topological polar surface area (TPSA) is 39.2 Å². The lowest BCUT2D eigenvalue weighted by atomic mass is 9.94. The summed E-state index contributed by atoms with van der Waals surface area (Å²) >= 11 is 0. The van der Waals surface area contributed by atoms with Gasteiger partial charge in [-0.05, 0) is 18.9 Å². The molecule has 0 atom stereocenters. The second-order valence-electron chi connectivity index (χ2n) is 3.41. The van der Waals surface area contributed by atoms with Crippen LogP contribution in [0.1, 0.15) is 28.9 Å². The first-order valence-electron chi connectivity index (χ1n) is 4.90. The van der Waals surface area contributed by atoms with E-state index in [1.54, 1.807) is 12.3 Å². The highest BCUT2D eigenvalue weighted by atomic mass is 16.5. The Morgan fingerprint density at radius 3 is 3.20 bits per heavy atom. The maximum absolute atomic E-state index is 11.6. The lowest BCUT2D eigenvalue weighted by Gasteiger charge is -2.16. The fourth-order valence-corrected chi connectivity index (χ4v) is 1.76. The van der Waals surface area contributed by atoms with E-state index < -0.39 is 0 Å². The molecule has 3 heteroatoms. The number of nitrogens with zero attached hydrogens (tertiary/aromatic N) is 1. The zero-order valence-corrected chi connectivity index (χ0v) is 8.32. The van der Waals surface area contributed by atoms with E-state index in [1.807, 2.05) is 0 Å². The number of carbonyl (C=O) groups excluding carboxylic acids is 1. The van der Waals surface area contributed by atoms with E-state index in [4.69, 9.17) is 11.2 Å². The van der Waals surface area contributed by atoms with Crippen molar-refractivity contribution >= 4 is 5.78 Å². The molecule has 0 saturated heterocycles. The minimum atomic E-state index is 0.0995. The van der Waals surface area contributed by atoms with Gasteiger partial charge in [0, 0.05) is 18.2 Å². The molecule has 15 heavy (non-hydrogen) atoms. The smallest absolute Gasteiger partial charge is 0.181 e. The number of aromatic nitrogens is 1. The molecule has 0 spiro atoms. The van der Waals surface area contributed by atoms with E-state index in [0.29, 0.717) is 17.9 Å². The number of pyridine rings is 1. The lowest BCUT2D eigenvalue weighted by molar-refractivity contribution is 0.0966. The first-order chi connectivity index (χ1) is 7.33. The summed E-state index contributed by atoms with van der Waals surface area (Å²) in [6, 6.07) is 1.76. The predicted molar refractivity (Wildman–Crippen MR) is 55.8 cm³/mol. The molecule has 0 aliphatic heterocycles. The van der Waals surface area contributed by atoms with E-state index in [1.165, 1.54) is 0 Å². The monoisotopic (exact) mass is 201 g/mol. The third kappa shape index (κ3) is 1.84. The van der Waals surface area contributed by atoms with Crippen molar-refractivity contribution in [1.82, 2.24) is 4.98 Å². The van der Waals surface area contributed by atoms with Gasteiger partial charge in [-0.2, -0.15) is 0 Å². The van der Waals surface area contributed by atoms with Crippen LogP contribution >= 0.6 is 0 Å². The van der Waals surface area contributed by atoms with Crippen LogP contribution in [0.5, 0.6) is 5.75 Å². The summed E-state index contributed by atoms with van der Waals surface area (Å²) < 4.78 is 5.37. The van der Waals surface area contributed by atoms with Crippen molar-refractivity contribution in [2.24, 2.45) is 0 Å². The molecule has 1 aliphatic carbocycles. The van der Waals surface area contributed by atoms with Crippen LogP contribution in [0, 0.1) is 12.3 Å². The van der Waals surface area contributed by atoms with Gasteiger partial charge in [0.2, 0.25) is 0 Å². The number of hydrogen-bond acceptors (Lipinski definition) is 3. The molecule has 76 valence electrons. The highest BCUT2D eigenvalue weighted by Crippen LogP contribution is 2.27. The fraction of sp³-hybridized carbons (Fsp3) is 0.333. The molecule has 0 fully saturated rings. The third-order valence-corrected chi connectivity index (χ3v) is 2.42. The molecule has 0 amide bonds. The Morgan fingerprint density at radius 2 is 2.40 bits per heavy atom. The molecule has 0 aromatic carbocycles. The summed E-state index contributed by atoms with van der Waals surface area (Å²) in [6.07, 6.45) is 9.00. The van der Waals surface area contributed by atoms with E-state index >= 15 is 0 Å². The number of fused-ring (bicyclic) bond motifs is 1. The number of Topliss-reactive ketones (excluding diaryl/α,β-unsaturated/α-hetero) is 1. The van der Waals surface area contributed by atoms with Gasteiger partial charge in [-0.25, -0.2) is 0 Å². The van der Waals surface area contributed by atoms with Crippen molar-refractivity contribution in [3.63, 3.8) is 0 Å². The van der Waals surface area contributed by atoms with Gasteiger partial charge in [0.1, 0.15) is 18.1 Å². The molecular weight excluding hydrogens is 190 g/mol. The van der Waals surface area contributed by atoms with Crippen LogP contribution in [0.15, 0.2) is 12.3 Å². The first kappa shape index (κ1) is 9.72. The maximum atomic E-state index is 11.6. The first-order valence-corrected chi connectivity index (χ1v) is 4.90. The van der Waals surface area contributed by atoms with Gasteiger partial charge >= 0.3 is 0 Å². The number of ether oxygens (including phenoxy) is 1. The van der Waals surface area contributed by atoms with Gasteiger partial charge in [-0.15, -0.1) is 6.42 Å². The Labute approximate surface area is 88.5 Å². The van der Waals surface area contributed by atoms with Crippen LogP contribution in [0.25, 0.3) is 0 Å². The number of terminal acetylenes is 1. The van der Waals surface area contributed by atoms with Gasteiger partial charge in [-0.1, -0.05) is 5.92 Å². The van der Waals surface area contributed by atoms with Crippen molar-refractivity contribution in [1.29, 1.82) is 0 Å². The Kier molecular flexibility index (Phi) is 2.68. The molecule has 3 nitrogen and oxygen atoms in total. The molecule has 1 heterocycles. The number of rotatable bonds is 2. The van der Waals surface area contributed by atoms with Crippen molar-refractivity contribution in [3.8, 4) is 18.1 Å². The third-order valence-electron chi connectivity index (χ3n) is 2.42. The van der Waals surface area contributed by atoms with Crippen LogP contribution < -0.4 is 4.74 Å². The highest BCUT2D eigenvalue weighted by molar-refractivity contribution is 5.97. The number of ketones is 1. The molecule has 0 bridgehead atoms. The van der Waals surface area contributed by atoms with Crippen LogP contribution in [0.3, 0.4) is 0 Å². The largest absolute Gasteiger partial charge is 0.481 e. The summed E-state index contributed by atoms with van der Waals surface area (Å²) in [6.45, 7) is 0.227. The molecule has 0 saturated carbocycles. The molecule has 1 aliphatic rings. The second kappa shape index (κ2) is 4.14. The van der Waals surface area contributed by atoms with Crippen molar-refractivity contribution < 1.29 is 9.53 Å². The maximum Gasteiger partial charge on any atom is 0.181 e. The summed E-state index contributed by atoms with van der Waals surface area (Å²) in [4.78, 5) is 15.6. The molecule has 2 rings (SSSR count). The standard InChI is InChI=1S/C12H11NO2/c1-2-8-15-11-6-7-13-12-9(11)4-3-5-10(12)14/h1,6-7H,3-5,8H2. The van der Waals surface area contributed by atoms with Crippen molar-refractivity contribution in [3.05, 3.63) is 23.5 Å². The van der Waals surface area contributed by atoms with Gasteiger partial charge in [0.25, 0.3) is 0 Å². The van der Waals surface area contributed by atoms with E-state index in [-0.39, 0.29) is 12.4 Å². The molecule has 0 radical (unpaired) electrons. The molecule has 1 aromatic heterocycles. The Hall–Kier alpha value is -1.82. The minimum absolute atomic E-state index is 0.0995. The number of carbonyl (C=O) groups is 1. The van der Waals surface area contributed by atoms with Crippen LogP contribution in [-0.2, 0) is 6.42 Å². The summed E-state index contributed by atoms with van der Waals surface area (Å²) in [7, 11) is 0. The molecule has 1 aromatic rings. The number of hydrogen-bond donors (Lipinski definition) is 0. The lowest BCUT2D eigenvalue weighted by Crippen LogP contribution is -2.14.